The molecule has 1 aromatic heterocycles. The van der Waals surface area contributed by atoms with Gasteiger partial charge in [-0.2, -0.15) is 0 Å². The Morgan fingerprint density at radius 1 is 1.60 bits per heavy atom. The predicted molar refractivity (Wildman–Crippen MR) is 79.0 cm³/mol. The third-order valence-corrected chi connectivity index (χ3v) is 5.05. The molecule has 7 heteroatoms. The second-order valence-corrected chi connectivity index (χ2v) is 7.23. The van der Waals surface area contributed by atoms with E-state index in [0.29, 0.717) is 19.7 Å². The summed E-state index contributed by atoms with van der Waals surface area (Å²) in [6.07, 6.45) is -0.477. The van der Waals surface area contributed by atoms with Crippen molar-refractivity contribution in [3.8, 4) is 0 Å². The minimum Gasteiger partial charge on any atom is -0.481 e. The molecular weight excluding hydrogens is 346 g/mol. The van der Waals surface area contributed by atoms with Gasteiger partial charge in [-0.1, -0.05) is 0 Å². The molecule has 1 aliphatic heterocycles. The molecule has 0 unspecified atom stereocenters. The van der Waals surface area contributed by atoms with Crippen molar-refractivity contribution in [2.75, 3.05) is 19.7 Å². The minimum atomic E-state index is -0.903. The Morgan fingerprint density at radius 3 is 2.95 bits per heavy atom. The number of aliphatic carboxylic acids is 1. The van der Waals surface area contributed by atoms with E-state index in [1.165, 1.54) is 0 Å². The Kier molecular flexibility index (Phi) is 5.17. The van der Waals surface area contributed by atoms with Crippen molar-refractivity contribution in [3.63, 3.8) is 0 Å². The SMILES string of the molecule is C[C@@H](C(=O)N1CCO[C@H](CC(=O)O)C1)c1ccc(Br)s1. The van der Waals surface area contributed by atoms with E-state index in [-0.39, 0.29) is 18.2 Å². The zero-order chi connectivity index (χ0) is 14.7. The lowest BCUT2D eigenvalue weighted by atomic mass is 10.1. The molecule has 0 aromatic carbocycles. The van der Waals surface area contributed by atoms with Crippen molar-refractivity contribution < 1.29 is 19.4 Å². The molecule has 2 heterocycles. The van der Waals surface area contributed by atoms with Crippen LogP contribution in [0.25, 0.3) is 0 Å². The van der Waals surface area contributed by atoms with Crippen molar-refractivity contribution >= 4 is 39.1 Å². The Balaban J connectivity index is 1.99. The van der Waals surface area contributed by atoms with Crippen LogP contribution in [0.5, 0.6) is 0 Å². The van der Waals surface area contributed by atoms with Crippen molar-refractivity contribution in [2.24, 2.45) is 0 Å². The fraction of sp³-hybridized carbons (Fsp3) is 0.538. The van der Waals surface area contributed by atoms with Crippen LogP contribution in [0.4, 0.5) is 0 Å². The second kappa shape index (κ2) is 6.69. The molecule has 1 aromatic rings. The summed E-state index contributed by atoms with van der Waals surface area (Å²) in [7, 11) is 0. The lowest BCUT2D eigenvalue weighted by Gasteiger charge is -2.33. The lowest BCUT2D eigenvalue weighted by molar-refractivity contribution is -0.148. The number of hydrogen-bond donors (Lipinski definition) is 1. The summed E-state index contributed by atoms with van der Waals surface area (Å²) in [6, 6.07) is 3.86. The normalized spacial score (nSPS) is 20.7. The molecule has 0 radical (unpaired) electrons. The van der Waals surface area contributed by atoms with E-state index < -0.39 is 12.1 Å². The first kappa shape index (κ1) is 15.5. The largest absolute Gasteiger partial charge is 0.481 e. The molecule has 0 saturated carbocycles. The third-order valence-electron chi connectivity index (χ3n) is 3.24. The molecule has 0 bridgehead atoms. The number of nitrogens with zero attached hydrogens (tertiary/aromatic N) is 1. The van der Waals surface area contributed by atoms with Crippen LogP contribution in [-0.2, 0) is 14.3 Å². The van der Waals surface area contributed by atoms with Crippen molar-refractivity contribution in [1.29, 1.82) is 0 Å². The van der Waals surface area contributed by atoms with Gasteiger partial charge in [-0.15, -0.1) is 11.3 Å². The van der Waals surface area contributed by atoms with Crippen LogP contribution in [0, 0.1) is 0 Å². The standard InChI is InChI=1S/C13H16BrNO4S/c1-8(10-2-3-11(14)20-10)13(18)15-4-5-19-9(7-15)6-12(16)17/h2-3,8-9H,4-7H2,1H3,(H,16,17)/t8-,9-/m1/s1. The zero-order valence-electron chi connectivity index (χ0n) is 11.0. The average molecular weight is 362 g/mol. The summed E-state index contributed by atoms with van der Waals surface area (Å²) in [5.41, 5.74) is 0. The summed E-state index contributed by atoms with van der Waals surface area (Å²) < 4.78 is 6.38. The molecule has 1 aliphatic rings. The van der Waals surface area contributed by atoms with Crippen LogP contribution < -0.4 is 0 Å². The Labute approximate surface area is 129 Å². The molecule has 0 aliphatic carbocycles. The summed E-state index contributed by atoms with van der Waals surface area (Å²) in [5, 5.41) is 8.79. The highest BCUT2D eigenvalue weighted by atomic mass is 79.9. The zero-order valence-corrected chi connectivity index (χ0v) is 13.4. The smallest absolute Gasteiger partial charge is 0.306 e. The second-order valence-electron chi connectivity index (χ2n) is 4.74. The first-order valence-corrected chi connectivity index (χ1v) is 7.95. The van der Waals surface area contributed by atoms with Gasteiger partial charge in [0.15, 0.2) is 0 Å². The van der Waals surface area contributed by atoms with E-state index in [0.717, 1.165) is 8.66 Å². The molecule has 20 heavy (non-hydrogen) atoms. The Hall–Kier alpha value is -0.920. The molecule has 2 rings (SSSR count). The number of carbonyl (C=O) groups excluding carboxylic acids is 1. The molecule has 1 fully saturated rings. The summed E-state index contributed by atoms with van der Waals surface area (Å²) >= 11 is 4.93. The summed E-state index contributed by atoms with van der Waals surface area (Å²) in [5.74, 6) is -1.09. The fourth-order valence-corrected chi connectivity index (χ4v) is 3.66. The maximum absolute atomic E-state index is 12.5. The van der Waals surface area contributed by atoms with Crippen molar-refractivity contribution in [1.82, 2.24) is 4.90 Å². The van der Waals surface area contributed by atoms with Gasteiger partial charge in [-0.3, -0.25) is 9.59 Å². The summed E-state index contributed by atoms with van der Waals surface area (Å²) in [6.45, 7) is 3.14. The van der Waals surface area contributed by atoms with Crippen molar-refractivity contribution in [3.05, 3.63) is 20.8 Å². The molecule has 5 nitrogen and oxygen atoms in total. The van der Waals surface area contributed by atoms with E-state index in [1.807, 2.05) is 19.1 Å². The van der Waals surface area contributed by atoms with Crippen molar-refractivity contribution in [2.45, 2.75) is 25.4 Å². The van der Waals surface area contributed by atoms with Gasteiger partial charge < -0.3 is 14.7 Å². The number of carboxylic acid groups (broad SMARTS) is 1. The van der Waals surface area contributed by atoms with E-state index in [2.05, 4.69) is 15.9 Å². The number of carbonyl (C=O) groups is 2. The molecule has 0 spiro atoms. The highest BCUT2D eigenvalue weighted by molar-refractivity contribution is 9.11. The Bertz CT molecular complexity index is 504. The van der Waals surface area contributed by atoms with Crippen LogP contribution in [0.2, 0.25) is 0 Å². The van der Waals surface area contributed by atoms with Gasteiger partial charge >= 0.3 is 5.97 Å². The van der Waals surface area contributed by atoms with E-state index >= 15 is 0 Å². The average Bonchev–Trinajstić information content (AvgIpc) is 2.83. The van der Waals surface area contributed by atoms with Gasteiger partial charge in [0.2, 0.25) is 5.91 Å². The topological polar surface area (TPSA) is 66.8 Å². The van der Waals surface area contributed by atoms with Crippen LogP contribution in [-0.4, -0.2) is 47.7 Å². The number of halogens is 1. The molecule has 2 atom stereocenters. The highest BCUT2D eigenvalue weighted by Gasteiger charge is 2.29. The van der Waals surface area contributed by atoms with Crippen LogP contribution in [0.15, 0.2) is 15.9 Å². The number of thiophene rings is 1. The molecule has 1 amide bonds. The maximum Gasteiger partial charge on any atom is 0.306 e. The first-order valence-electron chi connectivity index (χ1n) is 6.34. The quantitative estimate of drug-likeness (QED) is 0.893. The molecule has 1 N–H and O–H groups in total. The van der Waals surface area contributed by atoms with E-state index in [9.17, 15) is 9.59 Å². The maximum atomic E-state index is 12.5. The van der Waals surface area contributed by atoms with Gasteiger partial charge in [0.1, 0.15) is 0 Å². The van der Waals surface area contributed by atoms with Crippen LogP contribution >= 0.6 is 27.3 Å². The highest BCUT2D eigenvalue weighted by Crippen LogP contribution is 2.30. The van der Waals surface area contributed by atoms with Gasteiger partial charge in [-0.25, -0.2) is 0 Å². The minimum absolute atomic E-state index is 0.0260. The first-order chi connectivity index (χ1) is 9.47. The van der Waals surface area contributed by atoms with Gasteiger partial charge in [0.25, 0.3) is 0 Å². The van der Waals surface area contributed by atoms with Gasteiger partial charge in [0, 0.05) is 18.0 Å². The van der Waals surface area contributed by atoms with E-state index in [4.69, 9.17) is 9.84 Å². The van der Waals surface area contributed by atoms with Crippen LogP contribution in [0.3, 0.4) is 0 Å². The third kappa shape index (κ3) is 3.80. The monoisotopic (exact) mass is 361 g/mol. The number of morpholine rings is 1. The number of amides is 1. The number of carboxylic acids is 1. The summed E-state index contributed by atoms with van der Waals surface area (Å²) in [4.78, 5) is 25.9. The molecular formula is C13H16BrNO4S. The van der Waals surface area contributed by atoms with E-state index in [1.54, 1.807) is 16.2 Å². The molecule has 110 valence electrons. The van der Waals surface area contributed by atoms with Crippen LogP contribution in [0.1, 0.15) is 24.1 Å². The number of hydrogen-bond acceptors (Lipinski definition) is 4. The molecule has 1 saturated heterocycles. The lowest BCUT2D eigenvalue weighted by Crippen LogP contribution is -2.47. The predicted octanol–water partition coefficient (Wildman–Crippen LogP) is 2.32. The fourth-order valence-electron chi connectivity index (χ4n) is 2.19. The number of rotatable bonds is 4. The Morgan fingerprint density at radius 2 is 2.35 bits per heavy atom. The van der Waals surface area contributed by atoms with Gasteiger partial charge in [-0.05, 0) is 35.0 Å². The van der Waals surface area contributed by atoms with Gasteiger partial charge in [0.05, 0.1) is 28.8 Å². The number of ether oxygens (including phenoxy) is 1.